The second-order valence-corrected chi connectivity index (χ2v) is 6.75. The minimum atomic E-state index is -0.124. The molecule has 1 aromatic rings. The van der Waals surface area contributed by atoms with Crippen molar-refractivity contribution in [2.75, 3.05) is 19.6 Å². The molecule has 1 aliphatic rings. The van der Waals surface area contributed by atoms with Crippen molar-refractivity contribution in [2.45, 2.75) is 46.1 Å². The number of rotatable bonds is 4. The summed E-state index contributed by atoms with van der Waals surface area (Å²) in [6.07, 6.45) is 3.66. The normalized spacial score (nSPS) is 22.3. The summed E-state index contributed by atoms with van der Waals surface area (Å²) in [5, 5.41) is 0. The van der Waals surface area contributed by atoms with Gasteiger partial charge in [-0.25, -0.2) is 4.39 Å². The van der Waals surface area contributed by atoms with E-state index in [4.69, 9.17) is 5.73 Å². The maximum atomic E-state index is 14.2. The zero-order chi connectivity index (χ0) is 15.4. The number of aryl methyl sites for hydroxylation is 1. The van der Waals surface area contributed by atoms with Gasteiger partial charge < -0.3 is 5.73 Å². The van der Waals surface area contributed by atoms with Crippen molar-refractivity contribution in [3.63, 3.8) is 0 Å². The van der Waals surface area contributed by atoms with E-state index >= 15 is 0 Å². The molecule has 1 saturated heterocycles. The largest absolute Gasteiger partial charge is 0.329 e. The monoisotopic (exact) mass is 292 g/mol. The summed E-state index contributed by atoms with van der Waals surface area (Å²) in [6, 6.07) is 5.36. The van der Waals surface area contributed by atoms with E-state index in [1.54, 1.807) is 6.07 Å². The lowest BCUT2D eigenvalue weighted by atomic mass is 9.89. The molecule has 2 N–H and O–H groups in total. The third kappa shape index (κ3) is 4.04. The molecule has 2 rings (SSSR count). The van der Waals surface area contributed by atoms with Crippen molar-refractivity contribution in [1.82, 2.24) is 4.90 Å². The molecule has 0 aromatic heterocycles. The molecule has 118 valence electrons. The molecule has 2 nitrogen and oxygen atoms in total. The van der Waals surface area contributed by atoms with Gasteiger partial charge in [-0.05, 0) is 57.2 Å². The molecule has 0 radical (unpaired) electrons. The van der Waals surface area contributed by atoms with E-state index < -0.39 is 0 Å². The molecule has 0 amide bonds. The maximum absolute atomic E-state index is 14.2. The van der Waals surface area contributed by atoms with Gasteiger partial charge in [0.15, 0.2) is 0 Å². The van der Waals surface area contributed by atoms with Crippen LogP contribution >= 0.6 is 0 Å². The molecule has 2 atom stereocenters. The number of benzene rings is 1. The predicted octanol–water partition coefficient (Wildman–Crippen LogP) is 3.89. The van der Waals surface area contributed by atoms with Crippen LogP contribution in [0.15, 0.2) is 18.2 Å². The van der Waals surface area contributed by atoms with Gasteiger partial charge in [0.1, 0.15) is 5.82 Å². The van der Waals surface area contributed by atoms with Crippen molar-refractivity contribution in [3.8, 4) is 0 Å². The number of likely N-dealkylation sites (tertiary alicyclic amines) is 1. The van der Waals surface area contributed by atoms with Crippen molar-refractivity contribution < 1.29 is 4.39 Å². The lowest BCUT2D eigenvalue weighted by Crippen LogP contribution is -2.35. The Morgan fingerprint density at radius 2 is 2.05 bits per heavy atom. The third-order valence-electron chi connectivity index (χ3n) is 4.92. The van der Waals surface area contributed by atoms with E-state index in [1.165, 1.54) is 19.3 Å². The van der Waals surface area contributed by atoms with Gasteiger partial charge in [0.2, 0.25) is 0 Å². The summed E-state index contributed by atoms with van der Waals surface area (Å²) in [5.74, 6) is 1.40. The Morgan fingerprint density at radius 3 is 2.71 bits per heavy atom. The second kappa shape index (κ2) is 7.37. The Labute approximate surface area is 128 Å². The van der Waals surface area contributed by atoms with Gasteiger partial charge in [0.05, 0.1) is 0 Å². The lowest BCUT2D eigenvalue weighted by Gasteiger charge is -2.30. The van der Waals surface area contributed by atoms with E-state index in [1.807, 2.05) is 19.1 Å². The summed E-state index contributed by atoms with van der Waals surface area (Å²) in [4.78, 5) is 2.39. The Balaban J connectivity index is 2.15. The Morgan fingerprint density at radius 1 is 1.29 bits per heavy atom. The highest BCUT2D eigenvalue weighted by atomic mass is 19.1. The molecule has 0 saturated carbocycles. The summed E-state index contributed by atoms with van der Waals surface area (Å²) in [7, 11) is 0. The summed E-state index contributed by atoms with van der Waals surface area (Å²) < 4.78 is 14.2. The van der Waals surface area contributed by atoms with E-state index in [-0.39, 0.29) is 11.9 Å². The third-order valence-corrected chi connectivity index (χ3v) is 4.92. The van der Waals surface area contributed by atoms with E-state index in [2.05, 4.69) is 18.7 Å². The van der Waals surface area contributed by atoms with Crippen molar-refractivity contribution >= 4 is 0 Å². The molecular weight excluding hydrogens is 263 g/mol. The molecule has 2 unspecified atom stereocenters. The second-order valence-electron chi connectivity index (χ2n) is 6.75. The van der Waals surface area contributed by atoms with Gasteiger partial charge >= 0.3 is 0 Å². The first-order valence-electron chi connectivity index (χ1n) is 8.23. The van der Waals surface area contributed by atoms with Gasteiger partial charge in [-0.2, -0.15) is 0 Å². The van der Waals surface area contributed by atoms with Gasteiger partial charge in [0, 0.05) is 18.2 Å². The first-order valence-corrected chi connectivity index (χ1v) is 8.23. The molecular formula is C18H29FN2. The average Bonchev–Trinajstić information content (AvgIpc) is 2.70. The quantitative estimate of drug-likeness (QED) is 0.912. The van der Waals surface area contributed by atoms with Gasteiger partial charge in [-0.1, -0.05) is 31.5 Å². The van der Waals surface area contributed by atoms with Gasteiger partial charge in [-0.3, -0.25) is 4.90 Å². The fourth-order valence-corrected chi connectivity index (χ4v) is 3.51. The minimum Gasteiger partial charge on any atom is -0.329 e. The fourth-order valence-electron chi connectivity index (χ4n) is 3.51. The highest BCUT2D eigenvalue weighted by molar-refractivity contribution is 5.27. The predicted molar refractivity (Wildman–Crippen MR) is 86.7 cm³/mol. The molecule has 1 aliphatic heterocycles. The van der Waals surface area contributed by atoms with Crippen LogP contribution < -0.4 is 5.73 Å². The van der Waals surface area contributed by atoms with Crippen LogP contribution in [0.4, 0.5) is 4.39 Å². The summed E-state index contributed by atoms with van der Waals surface area (Å²) >= 11 is 0. The summed E-state index contributed by atoms with van der Waals surface area (Å²) in [6.45, 7) is 9.15. The standard InChI is InChI=1S/C18H29FN2/c1-13(2)15-5-4-9-21(10-8-15)18(12-20)16-11-14(3)6-7-17(16)19/h6-7,11,13,15,18H,4-5,8-10,12,20H2,1-3H3. The molecule has 0 bridgehead atoms. The highest BCUT2D eigenvalue weighted by Gasteiger charge is 2.26. The molecule has 1 aromatic carbocycles. The maximum Gasteiger partial charge on any atom is 0.128 e. The molecule has 1 fully saturated rings. The van der Waals surface area contributed by atoms with Crippen LogP contribution in [-0.4, -0.2) is 24.5 Å². The summed E-state index contributed by atoms with van der Waals surface area (Å²) in [5.41, 5.74) is 7.85. The number of halogens is 1. The molecule has 0 aliphatic carbocycles. The number of hydrogen-bond donors (Lipinski definition) is 1. The van der Waals surface area contributed by atoms with Crippen LogP contribution in [0.3, 0.4) is 0 Å². The van der Waals surface area contributed by atoms with E-state index in [9.17, 15) is 4.39 Å². The smallest absolute Gasteiger partial charge is 0.128 e. The van der Waals surface area contributed by atoms with Crippen molar-refractivity contribution in [2.24, 2.45) is 17.6 Å². The molecule has 0 spiro atoms. The van der Waals surface area contributed by atoms with E-state index in [0.717, 1.165) is 36.1 Å². The van der Waals surface area contributed by atoms with Crippen LogP contribution in [0, 0.1) is 24.6 Å². The van der Waals surface area contributed by atoms with Crippen molar-refractivity contribution in [3.05, 3.63) is 35.1 Å². The zero-order valence-corrected chi connectivity index (χ0v) is 13.6. The van der Waals surface area contributed by atoms with Gasteiger partial charge in [0.25, 0.3) is 0 Å². The van der Waals surface area contributed by atoms with Crippen LogP contribution in [0.2, 0.25) is 0 Å². The average molecular weight is 292 g/mol. The first-order chi connectivity index (χ1) is 10.0. The number of hydrogen-bond acceptors (Lipinski definition) is 2. The van der Waals surface area contributed by atoms with Gasteiger partial charge in [-0.15, -0.1) is 0 Å². The minimum absolute atomic E-state index is 0.0100. The SMILES string of the molecule is Cc1ccc(F)c(C(CN)N2CCCC(C(C)C)CC2)c1. The number of nitrogens with zero attached hydrogens (tertiary/aromatic N) is 1. The number of nitrogens with two attached hydrogens (primary N) is 1. The Kier molecular flexibility index (Phi) is 5.77. The van der Waals surface area contributed by atoms with Crippen LogP contribution in [-0.2, 0) is 0 Å². The highest BCUT2D eigenvalue weighted by Crippen LogP contribution is 2.30. The van der Waals surface area contributed by atoms with E-state index in [0.29, 0.717) is 6.54 Å². The Hall–Kier alpha value is -0.930. The zero-order valence-electron chi connectivity index (χ0n) is 13.6. The fraction of sp³-hybridized carbons (Fsp3) is 0.667. The molecule has 1 heterocycles. The van der Waals surface area contributed by atoms with Crippen LogP contribution in [0.25, 0.3) is 0 Å². The van der Waals surface area contributed by atoms with Crippen molar-refractivity contribution in [1.29, 1.82) is 0 Å². The topological polar surface area (TPSA) is 29.3 Å². The van der Waals surface area contributed by atoms with Crippen LogP contribution in [0.1, 0.15) is 50.3 Å². The lowest BCUT2D eigenvalue weighted by molar-refractivity contribution is 0.200. The molecule has 3 heteroatoms. The molecule has 21 heavy (non-hydrogen) atoms. The first kappa shape index (κ1) is 16.4. The van der Waals surface area contributed by atoms with Crippen LogP contribution in [0.5, 0.6) is 0 Å². The Bertz CT molecular complexity index is 459.